The Morgan fingerprint density at radius 1 is 1.07 bits per heavy atom. The Hall–Kier alpha value is -2.23. The van der Waals surface area contributed by atoms with E-state index in [0.717, 1.165) is 5.56 Å². The molecular formula is C11H11N3O. The van der Waals surface area contributed by atoms with Crippen molar-refractivity contribution in [1.29, 1.82) is 0 Å². The van der Waals surface area contributed by atoms with Crippen LogP contribution in [0.4, 0.5) is 0 Å². The molecule has 1 aromatic rings. The quantitative estimate of drug-likeness (QED) is 0.344. The van der Waals surface area contributed by atoms with Crippen LogP contribution in [0.2, 0.25) is 0 Å². The predicted molar refractivity (Wildman–Crippen MR) is 62.0 cm³/mol. The summed E-state index contributed by atoms with van der Waals surface area (Å²) in [6.07, 6.45) is 8.79. The van der Waals surface area contributed by atoms with E-state index in [0.29, 0.717) is 0 Å². The fraction of sp³-hybridized carbons (Fsp3) is 0. The van der Waals surface area contributed by atoms with E-state index in [2.05, 4.69) is 10.4 Å². The van der Waals surface area contributed by atoms with Crippen LogP contribution >= 0.6 is 0 Å². The van der Waals surface area contributed by atoms with Crippen molar-refractivity contribution in [3.8, 4) is 0 Å². The number of hydrogen-bond acceptors (Lipinski definition) is 3. The minimum atomic E-state index is 1.13. The molecule has 0 aliphatic carbocycles. The van der Waals surface area contributed by atoms with Gasteiger partial charge in [-0.05, 0) is 11.6 Å². The first-order valence-electron chi connectivity index (χ1n) is 4.42. The molecule has 1 aromatic carbocycles. The van der Waals surface area contributed by atoms with Gasteiger partial charge in [0.05, 0.1) is 5.29 Å². The van der Waals surface area contributed by atoms with Gasteiger partial charge in [-0.15, -0.1) is 4.91 Å². The van der Waals surface area contributed by atoms with E-state index in [-0.39, 0.29) is 0 Å². The Balaban J connectivity index is 2.37. The Bertz CT molecular complexity index is 369. The van der Waals surface area contributed by atoms with Crippen molar-refractivity contribution in [3.63, 3.8) is 0 Å². The van der Waals surface area contributed by atoms with E-state index >= 15 is 0 Å². The molecule has 0 saturated heterocycles. The standard InChI is InChI=1S/C11H11N3O/c15-14-13-12-10-6-2-5-9-11-7-3-1-4-8-11/h1-10H,(H,13,15)/b6-2+,9-5+,12-10-. The lowest BCUT2D eigenvalue weighted by molar-refractivity contribution is 0.804. The SMILES string of the molecule is O=NN\N=C/C=C/C=C/c1ccccc1. The van der Waals surface area contributed by atoms with Crippen molar-refractivity contribution in [2.24, 2.45) is 10.4 Å². The zero-order valence-corrected chi connectivity index (χ0v) is 8.08. The van der Waals surface area contributed by atoms with Crippen LogP contribution in [0.15, 0.2) is 58.9 Å². The highest BCUT2D eigenvalue weighted by Crippen LogP contribution is 2.00. The highest BCUT2D eigenvalue weighted by Gasteiger charge is 1.79. The topological polar surface area (TPSA) is 53.8 Å². The second-order valence-electron chi connectivity index (χ2n) is 2.62. The van der Waals surface area contributed by atoms with Gasteiger partial charge in [0, 0.05) is 6.21 Å². The largest absolute Gasteiger partial charge is 0.164 e. The second kappa shape index (κ2) is 7.20. The van der Waals surface area contributed by atoms with Crippen molar-refractivity contribution >= 4 is 12.3 Å². The maximum atomic E-state index is 9.57. The molecule has 1 rings (SSSR count). The van der Waals surface area contributed by atoms with E-state index in [1.807, 2.05) is 54.1 Å². The third-order valence-corrected chi connectivity index (χ3v) is 1.57. The minimum Gasteiger partial charge on any atom is -0.164 e. The van der Waals surface area contributed by atoms with Crippen LogP contribution in [0, 0.1) is 4.91 Å². The molecule has 0 radical (unpaired) electrons. The van der Waals surface area contributed by atoms with E-state index in [1.54, 1.807) is 6.08 Å². The van der Waals surface area contributed by atoms with Gasteiger partial charge >= 0.3 is 0 Å². The van der Waals surface area contributed by atoms with E-state index in [1.165, 1.54) is 6.21 Å². The third kappa shape index (κ3) is 5.15. The predicted octanol–water partition coefficient (Wildman–Crippen LogP) is 2.51. The molecule has 0 aromatic heterocycles. The molecule has 0 unspecified atom stereocenters. The molecule has 0 heterocycles. The lowest BCUT2D eigenvalue weighted by atomic mass is 10.2. The Morgan fingerprint density at radius 3 is 2.60 bits per heavy atom. The second-order valence-corrected chi connectivity index (χ2v) is 2.62. The third-order valence-electron chi connectivity index (χ3n) is 1.57. The van der Waals surface area contributed by atoms with E-state index < -0.39 is 0 Å². The molecule has 76 valence electrons. The monoisotopic (exact) mass is 201 g/mol. The molecule has 0 amide bonds. The summed E-state index contributed by atoms with van der Waals surface area (Å²) in [7, 11) is 0. The highest BCUT2D eigenvalue weighted by atomic mass is 16.3. The van der Waals surface area contributed by atoms with Gasteiger partial charge in [-0.1, -0.05) is 48.6 Å². The summed E-state index contributed by atoms with van der Waals surface area (Å²) >= 11 is 0. The van der Waals surface area contributed by atoms with Crippen LogP contribution in [0.3, 0.4) is 0 Å². The van der Waals surface area contributed by atoms with Gasteiger partial charge in [-0.25, -0.2) is 0 Å². The van der Waals surface area contributed by atoms with E-state index in [9.17, 15) is 4.91 Å². The van der Waals surface area contributed by atoms with Gasteiger partial charge in [0.2, 0.25) is 0 Å². The molecule has 15 heavy (non-hydrogen) atoms. The summed E-state index contributed by atoms with van der Waals surface area (Å²) in [6, 6.07) is 9.94. The number of allylic oxidation sites excluding steroid dienone is 3. The minimum absolute atomic E-state index is 1.13. The lowest BCUT2D eigenvalue weighted by Crippen LogP contribution is -1.89. The number of nitrogens with one attached hydrogen (secondary N) is 1. The van der Waals surface area contributed by atoms with Gasteiger partial charge in [-0.3, -0.25) is 0 Å². The Labute approximate surface area is 88.0 Å². The average molecular weight is 201 g/mol. The van der Waals surface area contributed by atoms with Crippen molar-refractivity contribution in [2.75, 3.05) is 0 Å². The molecule has 4 nitrogen and oxygen atoms in total. The van der Waals surface area contributed by atoms with Crippen LogP contribution in [-0.2, 0) is 0 Å². The summed E-state index contributed by atoms with van der Waals surface area (Å²) in [6.45, 7) is 0. The van der Waals surface area contributed by atoms with Crippen LogP contribution in [-0.4, -0.2) is 6.21 Å². The normalized spacial score (nSPS) is 11.5. The molecule has 0 saturated carbocycles. The smallest absolute Gasteiger partial charge is 0.0722 e. The Kier molecular flexibility index (Phi) is 5.21. The average Bonchev–Trinajstić information content (AvgIpc) is 2.29. The fourth-order valence-electron chi connectivity index (χ4n) is 0.945. The number of benzene rings is 1. The van der Waals surface area contributed by atoms with Crippen molar-refractivity contribution < 1.29 is 0 Å². The van der Waals surface area contributed by atoms with Crippen LogP contribution in [0.1, 0.15) is 5.56 Å². The molecular weight excluding hydrogens is 190 g/mol. The molecule has 4 heteroatoms. The molecule has 0 atom stereocenters. The molecule has 1 N–H and O–H groups in total. The number of nitroso groups, excluding NO2 is 1. The molecule has 0 aliphatic heterocycles. The summed E-state index contributed by atoms with van der Waals surface area (Å²) < 4.78 is 0. The van der Waals surface area contributed by atoms with Gasteiger partial charge in [-0.2, -0.15) is 10.6 Å². The number of rotatable bonds is 5. The van der Waals surface area contributed by atoms with Gasteiger partial charge in [0.15, 0.2) is 0 Å². The number of nitrogens with zero attached hydrogens (tertiary/aromatic N) is 2. The zero-order chi connectivity index (χ0) is 10.8. The van der Waals surface area contributed by atoms with Crippen molar-refractivity contribution in [3.05, 3.63) is 59.0 Å². The lowest BCUT2D eigenvalue weighted by Gasteiger charge is -1.87. The molecule has 0 fully saturated rings. The van der Waals surface area contributed by atoms with Crippen LogP contribution in [0.5, 0.6) is 0 Å². The van der Waals surface area contributed by atoms with Crippen molar-refractivity contribution in [2.45, 2.75) is 0 Å². The van der Waals surface area contributed by atoms with Crippen LogP contribution in [0.25, 0.3) is 6.08 Å². The van der Waals surface area contributed by atoms with Crippen LogP contribution < -0.4 is 5.53 Å². The zero-order valence-electron chi connectivity index (χ0n) is 8.08. The summed E-state index contributed by atoms with van der Waals surface area (Å²) in [5.41, 5.74) is 3.05. The number of hydrogen-bond donors (Lipinski definition) is 1. The summed E-state index contributed by atoms with van der Waals surface area (Å²) in [5.74, 6) is 0. The molecule has 0 bridgehead atoms. The fourth-order valence-corrected chi connectivity index (χ4v) is 0.945. The highest BCUT2D eigenvalue weighted by molar-refractivity contribution is 5.71. The van der Waals surface area contributed by atoms with Crippen molar-refractivity contribution in [1.82, 2.24) is 5.53 Å². The maximum absolute atomic E-state index is 9.57. The Morgan fingerprint density at radius 2 is 1.87 bits per heavy atom. The molecule has 0 spiro atoms. The first-order valence-corrected chi connectivity index (χ1v) is 4.42. The molecule has 0 aliphatic rings. The summed E-state index contributed by atoms with van der Waals surface area (Å²) in [5, 5.41) is 5.81. The van der Waals surface area contributed by atoms with Gasteiger partial charge in [0.1, 0.15) is 0 Å². The van der Waals surface area contributed by atoms with Gasteiger partial charge < -0.3 is 0 Å². The number of hydrazone groups is 1. The summed E-state index contributed by atoms with van der Waals surface area (Å²) in [4.78, 5) is 9.57. The van der Waals surface area contributed by atoms with Gasteiger partial charge in [0.25, 0.3) is 0 Å². The maximum Gasteiger partial charge on any atom is 0.0722 e. The first kappa shape index (κ1) is 10.8. The van der Waals surface area contributed by atoms with E-state index in [4.69, 9.17) is 0 Å². The first-order chi connectivity index (χ1) is 7.43.